The maximum absolute atomic E-state index is 13.6. The van der Waals surface area contributed by atoms with Crippen LogP contribution in [0, 0.1) is 5.82 Å². The first-order chi connectivity index (χ1) is 9.54. The number of aliphatic hydroxyl groups is 1. The lowest BCUT2D eigenvalue weighted by atomic mass is 10.0. The quantitative estimate of drug-likeness (QED) is 0.564. The fourth-order valence-corrected chi connectivity index (χ4v) is 1.65. The Hall–Kier alpha value is -2.15. The smallest absolute Gasteiger partial charge is 0.331 e. The van der Waals surface area contributed by atoms with E-state index in [0.717, 1.165) is 6.07 Å². The van der Waals surface area contributed by atoms with Gasteiger partial charge in [0.2, 0.25) is 6.41 Å². The van der Waals surface area contributed by atoms with Gasteiger partial charge in [0, 0.05) is 0 Å². The van der Waals surface area contributed by atoms with Crippen LogP contribution in [-0.4, -0.2) is 37.2 Å². The molecule has 1 aromatic carbocycles. The van der Waals surface area contributed by atoms with E-state index in [-0.39, 0.29) is 24.3 Å². The summed E-state index contributed by atoms with van der Waals surface area (Å²) in [7, 11) is 1.31. The Morgan fingerprint density at radius 2 is 2.25 bits per heavy atom. The molecule has 0 saturated heterocycles. The van der Waals surface area contributed by atoms with Crippen LogP contribution in [0.25, 0.3) is 0 Å². The minimum atomic E-state index is -1.43. The summed E-state index contributed by atoms with van der Waals surface area (Å²) in [6, 6.07) is 2.44. The predicted molar refractivity (Wildman–Crippen MR) is 67.5 cm³/mol. The van der Waals surface area contributed by atoms with Gasteiger partial charge in [-0.1, -0.05) is 6.07 Å². The first kappa shape index (κ1) is 15.9. The van der Waals surface area contributed by atoms with Gasteiger partial charge in [0.1, 0.15) is 6.10 Å². The van der Waals surface area contributed by atoms with Crippen LogP contribution in [0.2, 0.25) is 0 Å². The van der Waals surface area contributed by atoms with Gasteiger partial charge in [0.05, 0.1) is 13.7 Å². The molecular weight excluding hydrogens is 269 g/mol. The van der Waals surface area contributed by atoms with Gasteiger partial charge in [-0.05, 0) is 24.6 Å². The van der Waals surface area contributed by atoms with Crippen molar-refractivity contribution in [3.63, 3.8) is 0 Å². The summed E-state index contributed by atoms with van der Waals surface area (Å²) >= 11 is 0. The number of aliphatic hydroxyl groups excluding tert-OH is 1. The van der Waals surface area contributed by atoms with Gasteiger partial charge in [0.25, 0.3) is 0 Å². The zero-order chi connectivity index (χ0) is 15.1. The highest BCUT2D eigenvalue weighted by molar-refractivity contribution is 5.79. The summed E-state index contributed by atoms with van der Waals surface area (Å²) in [5.74, 6) is -1.47. The number of nitrogens with one attached hydrogen (secondary N) is 1. The predicted octanol–water partition coefficient (Wildman–Crippen LogP) is 0.545. The van der Waals surface area contributed by atoms with Gasteiger partial charge in [-0.2, -0.15) is 0 Å². The molecule has 20 heavy (non-hydrogen) atoms. The van der Waals surface area contributed by atoms with E-state index in [9.17, 15) is 19.1 Å². The number of esters is 1. The van der Waals surface area contributed by atoms with Crippen molar-refractivity contribution in [2.45, 2.75) is 19.1 Å². The molecule has 1 rings (SSSR count). The summed E-state index contributed by atoms with van der Waals surface area (Å²) in [5.41, 5.74) is 0.121. The van der Waals surface area contributed by atoms with Crippen LogP contribution < -0.4 is 10.1 Å². The number of benzene rings is 1. The second-order valence-electron chi connectivity index (χ2n) is 3.85. The van der Waals surface area contributed by atoms with Gasteiger partial charge in [0.15, 0.2) is 17.6 Å². The number of rotatable bonds is 7. The Morgan fingerprint density at radius 3 is 2.75 bits per heavy atom. The highest BCUT2D eigenvalue weighted by atomic mass is 19.1. The Balaban J connectivity index is 2.99. The fraction of sp³-hybridized carbons (Fsp3) is 0.385. The lowest BCUT2D eigenvalue weighted by molar-refractivity contribution is -0.149. The van der Waals surface area contributed by atoms with Crippen molar-refractivity contribution in [1.29, 1.82) is 0 Å². The average molecular weight is 285 g/mol. The van der Waals surface area contributed by atoms with Crippen LogP contribution in [0.3, 0.4) is 0 Å². The van der Waals surface area contributed by atoms with Crippen molar-refractivity contribution >= 4 is 12.4 Å². The number of hydrogen-bond acceptors (Lipinski definition) is 5. The van der Waals surface area contributed by atoms with E-state index >= 15 is 0 Å². The third-order valence-electron chi connectivity index (χ3n) is 2.62. The van der Waals surface area contributed by atoms with Crippen molar-refractivity contribution in [3.8, 4) is 5.75 Å². The third kappa shape index (κ3) is 3.67. The lowest BCUT2D eigenvalue weighted by Gasteiger charge is -2.21. The molecule has 0 bridgehead atoms. The maximum atomic E-state index is 13.6. The van der Waals surface area contributed by atoms with Crippen molar-refractivity contribution in [1.82, 2.24) is 5.32 Å². The topological polar surface area (TPSA) is 84.9 Å². The molecule has 2 unspecified atom stereocenters. The first-order valence-electron chi connectivity index (χ1n) is 5.93. The third-order valence-corrected chi connectivity index (χ3v) is 2.62. The summed E-state index contributed by atoms with van der Waals surface area (Å²) in [4.78, 5) is 22.1. The Morgan fingerprint density at radius 1 is 1.55 bits per heavy atom. The van der Waals surface area contributed by atoms with Crippen LogP contribution in [0.5, 0.6) is 5.75 Å². The first-order valence-corrected chi connectivity index (χ1v) is 5.93. The average Bonchev–Trinajstić information content (AvgIpc) is 2.44. The molecule has 2 N–H and O–H groups in total. The Labute approximate surface area is 115 Å². The van der Waals surface area contributed by atoms with Gasteiger partial charge >= 0.3 is 5.97 Å². The molecule has 0 spiro atoms. The van der Waals surface area contributed by atoms with Gasteiger partial charge in [-0.3, -0.25) is 4.79 Å². The van der Waals surface area contributed by atoms with Gasteiger partial charge in [-0.25, -0.2) is 9.18 Å². The number of ether oxygens (including phenoxy) is 2. The number of amides is 1. The molecule has 2 atom stereocenters. The Bertz CT molecular complexity index is 480. The van der Waals surface area contributed by atoms with Crippen LogP contribution in [0.15, 0.2) is 18.2 Å². The van der Waals surface area contributed by atoms with E-state index in [1.165, 1.54) is 19.2 Å². The van der Waals surface area contributed by atoms with Crippen molar-refractivity contribution in [2.75, 3.05) is 13.7 Å². The molecule has 0 aromatic heterocycles. The molecule has 0 saturated carbocycles. The van der Waals surface area contributed by atoms with E-state index in [0.29, 0.717) is 0 Å². The fourth-order valence-electron chi connectivity index (χ4n) is 1.65. The molecule has 6 nitrogen and oxygen atoms in total. The summed E-state index contributed by atoms with van der Waals surface area (Å²) in [5, 5.41) is 12.2. The lowest BCUT2D eigenvalue weighted by Crippen LogP contribution is -2.42. The minimum absolute atomic E-state index is 0.0111. The van der Waals surface area contributed by atoms with Crippen LogP contribution in [0.1, 0.15) is 18.6 Å². The van der Waals surface area contributed by atoms with Crippen molar-refractivity contribution < 1.29 is 28.6 Å². The molecule has 0 aliphatic heterocycles. The minimum Gasteiger partial charge on any atom is -0.494 e. The van der Waals surface area contributed by atoms with Gasteiger partial charge < -0.3 is 19.9 Å². The number of halogens is 1. The number of methoxy groups -OCH3 is 1. The molecule has 0 fully saturated rings. The maximum Gasteiger partial charge on any atom is 0.331 e. The molecular formula is C13H16FNO5. The monoisotopic (exact) mass is 285 g/mol. The molecule has 0 radical (unpaired) electrons. The number of carbonyl (C=O) groups excluding carboxylic acids is 2. The highest BCUT2D eigenvalue weighted by Gasteiger charge is 2.29. The highest BCUT2D eigenvalue weighted by Crippen LogP contribution is 2.24. The molecule has 7 heteroatoms. The Kier molecular flexibility index (Phi) is 5.92. The van der Waals surface area contributed by atoms with Gasteiger partial charge in [-0.15, -0.1) is 0 Å². The summed E-state index contributed by atoms with van der Waals surface area (Å²) in [6.45, 7) is 1.69. The van der Waals surface area contributed by atoms with Crippen molar-refractivity contribution in [2.24, 2.45) is 0 Å². The molecule has 110 valence electrons. The molecule has 1 aromatic rings. The standard InChI is InChI=1S/C13H16FNO5/c1-3-20-13(18)11(15-7-16)12(17)8-4-5-10(19-2)9(14)6-8/h4-7,11-12,17H,3H2,1-2H3,(H,15,16). The molecule has 0 aliphatic rings. The van der Waals surface area contributed by atoms with E-state index < -0.39 is 23.9 Å². The number of carbonyl (C=O) groups is 2. The largest absolute Gasteiger partial charge is 0.494 e. The van der Waals surface area contributed by atoms with Crippen LogP contribution >= 0.6 is 0 Å². The van der Waals surface area contributed by atoms with E-state index in [2.05, 4.69) is 5.32 Å². The van der Waals surface area contributed by atoms with E-state index in [1.807, 2.05) is 0 Å². The second kappa shape index (κ2) is 7.44. The van der Waals surface area contributed by atoms with E-state index in [1.54, 1.807) is 6.92 Å². The number of hydrogen-bond donors (Lipinski definition) is 2. The molecule has 0 aliphatic carbocycles. The SMILES string of the molecule is CCOC(=O)C(NC=O)C(O)c1ccc(OC)c(F)c1. The molecule has 0 heterocycles. The zero-order valence-electron chi connectivity index (χ0n) is 11.1. The normalized spacial score (nSPS) is 13.2. The van der Waals surface area contributed by atoms with Crippen molar-refractivity contribution in [3.05, 3.63) is 29.6 Å². The molecule has 1 amide bonds. The van der Waals surface area contributed by atoms with Crippen LogP contribution in [-0.2, 0) is 14.3 Å². The summed E-state index contributed by atoms with van der Waals surface area (Å²) in [6.07, 6.45) is -1.16. The second-order valence-corrected chi connectivity index (χ2v) is 3.85. The summed E-state index contributed by atoms with van der Waals surface area (Å²) < 4.78 is 23.1. The van der Waals surface area contributed by atoms with E-state index in [4.69, 9.17) is 9.47 Å². The zero-order valence-corrected chi connectivity index (χ0v) is 11.1. The van der Waals surface area contributed by atoms with Crippen LogP contribution in [0.4, 0.5) is 4.39 Å².